The van der Waals surface area contributed by atoms with Gasteiger partial charge in [-0.05, 0) is 44.9 Å². The molecule has 0 fully saturated rings. The van der Waals surface area contributed by atoms with Gasteiger partial charge in [-0.15, -0.1) is 0 Å². The Hall–Kier alpha value is -2.43. The minimum absolute atomic E-state index is 0.00843. The van der Waals surface area contributed by atoms with Crippen molar-refractivity contribution in [3.63, 3.8) is 0 Å². The zero-order chi connectivity index (χ0) is 17.7. The highest BCUT2D eigenvalue weighted by molar-refractivity contribution is 5.95. The summed E-state index contributed by atoms with van der Waals surface area (Å²) in [5, 5.41) is 0. The highest BCUT2D eigenvalue weighted by atomic mass is 16.5. The highest BCUT2D eigenvalue weighted by Crippen LogP contribution is 2.27. The van der Waals surface area contributed by atoms with E-state index in [0.29, 0.717) is 17.9 Å². The maximum absolute atomic E-state index is 13.0. The van der Waals surface area contributed by atoms with E-state index in [1.54, 1.807) is 13.3 Å². The highest BCUT2D eigenvalue weighted by Gasteiger charge is 2.25. The van der Waals surface area contributed by atoms with Gasteiger partial charge in [-0.1, -0.05) is 19.1 Å². The first-order chi connectivity index (χ1) is 11.5. The average Bonchev–Trinajstić information content (AvgIpc) is 2.59. The third-order valence-electron chi connectivity index (χ3n) is 4.20. The molecule has 0 aliphatic carbocycles. The van der Waals surface area contributed by atoms with Crippen LogP contribution in [0.1, 0.15) is 53.7 Å². The van der Waals surface area contributed by atoms with E-state index >= 15 is 0 Å². The molecule has 0 N–H and O–H groups in total. The molecule has 0 saturated heterocycles. The average molecular weight is 327 g/mol. The molecule has 1 aromatic carbocycles. The van der Waals surface area contributed by atoms with Gasteiger partial charge in [0.15, 0.2) is 0 Å². The predicted octanol–water partition coefficient (Wildman–Crippen LogP) is 3.72. The van der Waals surface area contributed by atoms with Crippen molar-refractivity contribution in [2.24, 2.45) is 0 Å². The van der Waals surface area contributed by atoms with Crippen LogP contribution in [0.2, 0.25) is 0 Å². The van der Waals surface area contributed by atoms with Crippen molar-refractivity contribution in [1.82, 2.24) is 14.9 Å². The molecule has 1 atom stereocenters. The van der Waals surface area contributed by atoms with E-state index in [-0.39, 0.29) is 11.9 Å². The number of nitrogens with zero attached hydrogens (tertiary/aromatic N) is 3. The van der Waals surface area contributed by atoms with Gasteiger partial charge in [0.2, 0.25) is 0 Å². The van der Waals surface area contributed by atoms with Crippen LogP contribution in [0.15, 0.2) is 30.5 Å². The molecule has 0 saturated carbocycles. The lowest BCUT2D eigenvalue weighted by atomic mass is 10.0. The number of aryl methyl sites for hydroxylation is 2. The van der Waals surface area contributed by atoms with Crippen LogP contribution in [0.4, 0.5) is 0 Å². The summed E-state index contributed by atoms with van der Waals surface area (Å²) in [6.07, 6.45) is 2.46. The maximum atomic E-state index is 13.0. The summed E-state index contributed by atoms with van der Waals surface area (Å²) in [6.45, 7) is 8.38. The van der Waals surface area contributed by atoms with Crippen LogP contribution in [0.3, 0.4) is 0 Å². The van der Waals surface area contributed by atoms with Crippen LogP contribution in [0.25, 0.3) is 0 Å². The maximum Gasteiger partial charge on any atom is 0.257 e. The molecule has 128 valence electrons. The number of hydrogen-bond donors (Lipinski definition) is 0. The van der Waals surface area contributed by atoms with E-state index in [1.807, 2.05) is 49.9 Å². The van der Waals surface area contributed by atoms with E-state index in [2.05, 4.69) is 16.9 Å². The first-order valence-corrected chi connectivity index (χ1v) is 8.26. The van der Waals surface area contributed by atoms with Gasteiger partial charge in [-0.25, -0.2) is 9.97 Å². The Kier molecular flexibility index (Phi) is 5.90. The topological polar surface area (TPSA) is 55.3 Å². The molecule has 5 nitrogen and oxygen atoms in total. The Bertz CT molecular complexity index is 698. The normalized spacial score (nSPS) is 11.9. The molecule has 2 aromatic rings. The number of benzene rings is 1. The van der Waals surface area contributed by atoms with Gasteiger partial charge in [0.05, 0.1) is 24.4 Å². The van der Waals surface area contributed by atoms with Crippen LogP contribution < -0.4 is 4.74 Å². The first kappa shape index (κ1) is 17.9. The van der Waals surface area contributed by atoms with E-state index < -0.39 is 0 Å². The van der Waals surface area contributed by atoms with Crippen LogP contribution in [-0.2, 0) is 0 Å². The molecule has 0 aliphatic rings. The second kappa shape index (κ2) is 7.90. The molecule has 0 radical (unpaired) electrons. The number of ether oxygens (including phenoxy) is 1. The second-order valence-electron chi connectivity index (χ2n) is 5.70. The lowest BCUT2D eigenvalue weighted by Gasteiger charge is -2.31. The number of hydrogen-bond acceptors (Lipinski definition) is 4. The number of amides is 1. The molecule has 0 unspecified atom stereocenters. The van der Waals surface area contributed by atoms with Crippen LogP contribution >= 0.6 is 0 Å². The zero-order valence-electron chi connectivity index (χ0n) is 15.0. The molecule has 0 bridgehead atoms. The molecule has 0 spiro atoms. The number of carbonyl (C=O) groups is 1. The summed E-state index contributed by atoms with van der Waals surface area (Å²) in [4.78, 5) is 23.4. The quantitative estimate of drug-likeness (QED) is 0.811. The van der Waals surface area contributed by atoms with Crippen molar-refractivity contribution in [1.29, 1.82) is 0 Å². The molecular formula is C19H25N3O2. The molecular weight excluding hydrogens is 302 g/mol. The van der Waals surface area contributed by atoms with E-state index in [0.717, 1.165) is 23.4 Å². The third kappa shape index (κ3) is 3.72. The summed E-state index contributed by atoms with van der Waals surface area (Å²) in [7, 11) is 1.65. The molecule has 1 aromatic heterocycles. The SMILES string of the molecule is CC[C@H](c1ccc(OC)cc1)N(CC)C(=O)c1cnc(C)nc1C. The molecule has 0 aliphatic heterocycles. The number of rotatable bonds is 6. The zero-order valence-corrected chi connectivity index (χ0v) is 15.0. The molecule has 2 rings (SSSR count). The summed E-state index contributed by atoms with van der Waals surface area (Å²) in [6, 6.07) is 7.89. The van der Waals surface area contributed by atoms with Gasteiger partial charge >= 0.3 is 0 Å². The van der Waals surface area contributed by atoms with Gasteiger partial charge in [0, 0.05) is 12.7 Å². The fraction of sp³-hybridized carbons (Fsp3) is 0.421. The number of carbonyl (C=O) groups excluding carboxylic acids is 1. The van der Waals surface area contributed by atoms with Gasteiger partial charge in [-0.2, -0.15) is 0 Å². The first-order valence-electron chi connectivity index (χ1n) is 8.26. The smallest absolute Gasteiger partial charge is 0.257 e. The van der Waals surface area contributed by atoms with Crippen molar-refractivity contribution >= 4 is 5.91 Å². The molecule has 5 heteroatoms. The lowest BCUT2D eigenvalue weighted by Crippen LogP contribution is -2.35. The van der Waals surface area contributed by atoms with Crippen LogP contribution in [-0.4, -0.2) is 34.4 Å². The van der Waals surface area contributed by atoms with Gasteiger partial charge in [-0.3, -0.25) is 4.79 Å². The van der Waals surface area contributed by atoms with Gasteiger partial charge in [0.25, 0.3) is 5.91 Å². The summed E-state index contributed by atoms with van der Waals surface area (Å²) >= 11 is 0. The summed E-state index contributed by atoms with van der Waals surface area (Å²) < 4.78 is 5.22. The van der Waals surface area contributed by atoms with Gasteiger partial charge in [0.1, 0.15) is 11.6 Å². The van der Waals surface area contributed by atoms with Crippen LogP contribution in [0.5, 0.6) is 5.75 Å². The minimum Gasteiger partial charge on any atom is -0.497 e. The van der Waals surface area contributed by atoms with E-state index in [1.165, 1.54) is 0 Å². The fourth-order valence-electron chi connectivity index (χ4n) is 2.92. The molecule has 24 heavy (non-hydrogen) atoms. The number of aromatic nitrogens is 2. The third-order valence-corrected chi connectivity index (χ3v) is 4.20. The molecule has 1 amide bonds. The largest absolute Gasteiger partial charge is 0.497 e. The van der Waals surface area contributed by atoms with Crippen LogP contribution in [0, 0.1) is 13.8 Å². The Balaban J connectivity index is 2.34. The lowest BCUT2D eigenvalue weighted by molar-refractivity contribution is 0.0681. The number of methoxy groups -OCH3 is 1. The minimum atomic E-state index is -0.0299. The summed E-state index contributed by atoms with van der Waals surface area (Å²) in [5.74, 6) is 1.46. The summed E-state index contributed by atoms with van der Waals surface area (Å²) in [5.41, 5.74) is 2.38. The predicted molar refractivity (Wildman–Crippen MR) is 94.2 cm³/mol. The van der Waals surface area contributed by atoms with E-state index in [9.17, 15) is 4.79 Å². The van der Waals surface area contributed by atoms with Crippen molar-refractivity contribution < 1.29 is 9.53 Å². The fourth-order valence-corrected chi connectivity index (χ4v) is 2.92. The Morgan fingerprint density at radius 1 is 1.21 bits per heavy atom. The van der Waals surface area contributed by atoms with Gasteiger partial charge < -0.3 is 9.64 Å². The standard InChI is InChI=1S/C19H25N3O2/c1-6-18(15-8-10-16(24-5)11-9-15)22(7-2)19(23)17-12-20-14(4)21-13(17)3/h8-12,18H,6-7H2,1-5H3/t18-/m1/s1. The van der Waals surface area contributed by atoms with Crippen molar-refractivity contribution in [3.8, 4) is 5.75 Å². The van der Waals surface area contributed by atoms with Crippen molar-refractivity contribution in [2.45, 2.75) is 40.2 Å². The van der Waals surface area contributed by atoms with Crippen molar-refractivity contribution in [3.05, 3.63) is 53.1 Å². The Labute approximate surface area is 143 Å². The second-order valence-corrected chi connectivity index (χ2v) is 5.70. The van der Waals surface area contributed by atoms with Crippen molar-refractivity contribution in [2.75, 3.05) is 13.7 Å². The molecule has 1 heterocycles. The monoisotopic (exact) mass is 327 g/mol. The van der Waals surface area contributed by atoms with E-state index in [4.69, 9.17) is 4.74 Å². The Morgan fingerprint density at radius 3 is 2.38 bits per heavy atom. The Morgan fingerprint density at radius 2 is 1.88 bits per heavy atom.